The van der Waals surface area contributed by atoms with Crippen molar-refractivity contribution in [1.82, 2.24) is 4.90 Å². The summed E-state index contributed by atoms with van der Waals surface area (Å²) in [7, 11) is 1.61. The van der Waals surface area contributed by atoms with E-state index in [1.165, 1.54) is 4.88 Å². The molecule has 0 spiro atoms. The van der Waals surface area contributed by atoms with Crippen LogP contribution in [0.1, 0.15) is 26.4 Å². The summed E-state index contributed by atoms with van der Waals surface area (Å²) < 4.78 is 17.4. The van der Waals surface area contributed by atoms with Gasteiger partial charge in [0, 0.05) is 23.5 Å². The number of nitrogens with zero attached hydrogens (tertiary/aromatic N) is 1. The second-order valence-electron chi connectivity index (χ2n) is 7.26. The van der Waals surface area contributed by atoms with Gasteiger partial charge in [-0.2, -0.15) is 0 Å². The number of benzene rings is 2. The van der Waals surface area contributed by atoms with Crippen LogP contribution in [0.4, 0.5) is 0 Å². The largest absolute Gasteiger partial charge is 0.496 e. The van der Waals surface area contributed by atoms with Gasteiger partial charge in [0.1, 0.15) is 24.0 Å². The van der Waals surface area contributed by atoms with E-state index in [1.54, 1.807) is 30.6 Å². The second-order valence-corrected chi connectivity index (χ2v) is 8.29. The Kier molecular flexibility index (Phi) is 5.02. The van der Waals surface area contributed by atoms with Crippen molar-refractivity contribution in [3.8, 4) is 17.2 Å². The van der Waals surface area contributed by atoms with Gasteiger partial charge in [0.05, 0.1) is 18.2 Å². The number of ether oxygens (including phenoxy) is 3. The molecule has 5 nitrogen and oxygen atoms in total. The highest BCUT2D eigenvalue weighted by Gasteiger charge is 2.33. The lowest BCUT2D eigenvalue weighted by molar-refractivity contribution is 0.0951. The predicted molar refractivity (Wildman–Crippen MR) is 116 cm³/mol. The molecule has 0 unspecified atom stereocenters. The standard InChI is InChI=1S/C24H21NO4S/c1-27-20-7-3-2-5-16(20)13-22-23(26)18-8-9-21-19(24(18)29-22)14-25(15-28-21)11-10-17-6-4-12-30-17/h2-9,12-13H,10-11,14-15H2,1H3/b22-13-. The molecule has 0 fully saturated rings. The number of hydrogen-bond donors (Lipinski definition) is 0. The monoisotopic (exact) mass is 419 g/mol. The fraction of sp³-hybridized carbons (Fsp3) is 0.208. The molecule has 2 aliphatic heterocycles. The van der Waals surface area contributed by atoms with Crippen molar-refractivity contribution in [3.05, 3.63) is 81.2 Å². The quantitative estimate of drug-likeness (QED) is 0.558. The molecule has 0 bridgehead atoms. The normalized spacial score (nSPS) is 16.7. The molecule has 0 amide bonds. The number of carbonyl (C=O) groups is 1. The Morgan fingerprint density at radius 2 is 2.07 bits per heavy atom. The summed E-state index contributed by atoms with van der Waals surface area (Å²) in [5.74, 6) is 2.28. The molecule has 2 aromatic carbocycles. The molecular weight excluding hydrogens is 398 g/mol. The Hall–Kier alpha value is -3.09. The van der Waals surface area contributed by atoms with Gasteiger partial charge >= 0.3 is 0 Å². The molecule has 5 rings (SSSR count). The molecule has 3 heterocycles. The van der Waals surface area contributed by atoms with Crippen molar-refractivity contribution < 1.29 is 19.0 Å². The predicted octanol–water partition coefficient (Wildman–Crippen LogP) is 4.77. The molecule has 0 atom stereocenters. The topological polar surface area (TPSA) is 48.0 Å². The fourth-order valence-electron chi connectivity index (χ4n) is 3.80. The molecule has 30 heavy (non-hydrogen) atoms. The van der Waals surface area contributed by atoms with E-state index in [1.807, 2.05) is 30.3 Å². The van der Waals surface area contributed by atoms with Crippen molar-refractivity contribution in [2.75, 3.05) is 20.4 Å². The highest BCUT2D eigenvalue weighted by molar-refractivity contribution is 7.09. The Bertz CT molecular complexity index is 1120. The third kappa shape index (κ3) is 3.49. The Morgan fingerprint density at radius 3 is 2.90 bits per heavy atom. The fourth-order valence-corrected chi connectivity index (χ4v) is 4.50. The molecule has 2 aliphatic rings. The number of methoxy groups -OCH3 is 1. The summed E-state index contributed by atoms with van der Waals surface area (Å²) >= 11 is 1.77. The number of fused-ring (bicyclic) bond motifs is 3. The van der Waals surface area contributed by atoms with Crippen LogP contribution in [0.15, 0.2) is 59.7 Å². The van der Waals surface area contributed by atoms with Crippen LogP contribution < -0.4 is 14.2 Å². The van der Waals surface area contributed by atoms with E-state index in [0.29, 0.717) is 36.1 Å². The highest BCUT2D eigenvalue weighted by Crippen LogP contribution is 2.42. The van der Waals surface area contributed by atoms with Gasteiger partial charge in [0.2, 0.25) is 5.78 Å². The first-order valence-electron chi connectivity index (χ1n) is 9.83. The van der Waals surface area contributed by atoms with Gasteiger partial charge in [-0.15, -0.1) is 11.3 Å². The van der Waals surface area contributed by atoms with E-state index in [0.717, 1.165) is 29.8 Å². The first-order valence-corrected chi connectivity index (χ1v) is 10.7. The summed E-state index contributed by atoms with van der Waals surface area (Å²) in [5, 5.41) is 2.10. The number of allylic oxidation sites excluding steroid dienone is 1. The second kappa shape index (κ2) is 7.97. The summed E-state index contributed by atoms with van der Waals surface area (Å²) in [6, 6.07) is 15.4. The van der Waals surface area contributed by atoms with E-state index < -0.39 is 0 Å². The average Bonchev–Trinajstić information content (AvgIpc) is 3.41. The number of ketones is 1. The summed E-state index contributed by atoms with van der Waals surface area (Å²) in [6.45, 7) is 2.12. The molecule has 0 N–H and O–H groups in total. The van der Waals surface area contributed by atoms with Crippen LogP contribution in [-0.2, 0) is 13.0 Å². The molecule has 3 aromatic rings. The Balaban J connectivity index is 1.40. The van der Waals surface area contributed by atoms with Crippen molar-refractivity contribution in [2.45, 2.75) is 13.0 Å². The van der Waals surface area contributed by atoms with Crippen LogP contribution in [0, 0.1) is 0 Å². The SMILES string of the molecule is COc1ccccc1/C=C1\Oc2c(ccc3c2CN(CCc2cccs2)CO3)C1=O. The maximum absolute atomic E-state index is 13.0. The number of rotatable bonds is 5. The van der Waals surface area contributed by atoms with Gasteiger partial charge < -0.3 is 14.2 Å². The number of hydrogen-bond acceptors (Lipinski definition) is 6. The smallest absolute Gasteiger partial charge is 0.231 e. The lowest BCUT2D eigenvalue weighted by Crippen LogP contribution is -2.33. The van der Waals surface area contributed by atoms with Gasteiger partial charge in [-0.3, -0.25) is 9.69 Å². The Morgan fingerprint density at radius 1 is 1.17 bits per heavy atom. The first-order chi connectivity index (χ1) is 14.7. The highest BCUT2D eigenvalue weighted by atomic mass is 32.1. The van der Waals surface area contributed by atoms with E-state index in [9.17, 15) is 4.79 Å². The molecule has 1 aromatic heterocycles. The zero-order valence-electron chi connectivity index (χ0n) is 16.6. The van der Waals surface area contributed by atoms with Crippen molar-refractivity contribution in [1.29, 1.82) is 0 Å². The third-order valence-electron chi connectivity index (χ3n) is 5.36. The third-order valence-corrected chi connectivity index (χ3v) is 6.30. The van der Waals surface area contributed by atoms with Crippen LogP contribution in [0.5, 0.6) is 17.2 Å². The summed E-state index contributed by atoms with van der Waals surface area (Å²) in [5.41, 5.74) is 2.32. The van der Waals surface area contributed by atoms with Crippen LogP contribution in [0.25, 0.3) is 6.08 Å². The van der Waals surface area contributed by atoms with Crippen LogP contribution in [0.3, 0.4) is 0 Å². The van der Waals surface area contributed by atoms with Gasteiger partial charge in [-0.05, 0) is 42.1 Å². The van der Waals surface area contributed by atoms with Gasteiger partial charge in [0.25, 0.3) is 0 Å². The molecule has 6 heteroatoms. The van der Waals surface area contributed by atoms with E-state index in [-0.39, 0.29) is 5.78 Å². The van der Waals surface area contributed by atoms with Gasteiger partial charge in [0.15, 0.2) is 5.76 Å². The minimum absolute atomic E-state index is 0.116. The molecule has 152 valence electrons. The minimum atomic E-state index is -0.116. The van der Waals surface area contributed by atoms with Crippen LogP contribution in [-0.4, -0.2) is 31.1 Å². The zero-order valence-corrected chi connectivity index (χ0v) is 17.4. The maximum Gasteiger partial charge on any atom is 0.231 e. The average molecular weight is 420 g/mol. The van der Waals surface area contributed by atoms with E-state index in [4.69, 9.17) is 14.2 Å². The lowest BCUT2D eigenvalue weighted by atomic mass is 10.0. The number of thiophene rings is 1. The Labute approximate surface area is 179 Å². The minimum Gasteiger partial charge on any atom is -0.496 e. The van der Waals surface area contributed by atoms with E-state index in [2.05, 4.69) is 22.4 Å². The van der Waals surface area contributed by atoms with Crippen LogP contribution in [0.2, 0.25) is 0 Å². The lowest BCUT2D eigenvalue weighted by Gasteiger charge is -2.29. The van der Waals surface area contributed by atoms with Gasteiger partial charge in [-0.25, -0.2) is 0 Å². The molecule has 0 saturated carbocycles. The van der Waals surface area contributed by atoms with Crippen molar-refractivity contribution in [3.63, 3.8) is 0 Å². The summed E-state index contributed by atoms with van der Waals surface area (Å²) in [4.78, 5) is 16.6. The maximum atomic E-state index is 13.0. The summed E-state index contributed by atoms with van der Waals surface area (Å²) in [6.07, 6.45) is 2.72. The number of para-hydroxylation sites is 1. The molecule has 0 radical (unpaired) electrons. The molecule has 0 saturated heterocycles. The number of carbonyl (C=O) groups excluding carboxylic acids is 1. The number of Topliss-reactive ketones (excluding diaryl/α,β-unsaturated/α-hetero) is 1. The zero-order chi connectivity index (χ0) is 20.5. The van der Waals surface area contributed by atoms with Crippen molar-refractivity contribution in [2.24, 2.45) is 0 Å². The first kappa shape index (κ1) is 18.9. The van der Waals surface area contributed by atoms with Crippen molar-refractivity contribution >= 4 is 23.2 Å². The van der Waals surface area contributed by atoms with E-state index >= 15 is 0 Å². The molecule has 0 aliphatic carbocycles. The van der Waals surface area contributed by atoms with Crippen LogP contribution >= 0.6 is 11.3 Å². The molecular formula is C24H21NO4S. The van der Waals surface area contributed by atoms with Gasteiger partial charge in [-0.1, -0.05) is 24.3 Å².